The number of carbonyl (C=O) groups is 1. The first kappa shape index (κ1) is 23.5. The van der Waals surface area contributed by atoms with Gasteiger partial charge >= 0.3 is 12.4 Å². The van der Waals surface area contributed by atoms with Gasteiger partial charge in [0.25, 0.3) is 0 Å². The topological polar surface area (TPSA) is 43.1 Å². The van der Waals surface area contributed by atoms with Crippen LogP contribution in [0.15, 0.2) is 41.3 Å². The molecule has 0 bridgehead atoms. The van der Waals surface area contributed by atoms with E-state index in [2.05, 4.69) is 0 Å². The Balaban J connectivity index is 2.05. The van der Waals surface area contributed by atoms with Crippen LogP contribution in [0.4, 0.5) is 32.0 Å². The van der Waals surface area contributed by atoms with Crippen molar-refractivity contribution in [1.29, 1.82) is 0 Å². The SMILES string of the molecule is CCSc1c(C(=O)C(C)c2ccc(C(F)(F)F)cc2N)sc2cc(C(F)(F)F)ccc12. The Hall–Kier alpha value is -2.20. The number of hydrogen-bond acceptors (Lipinski definition) is 4. The molecule has 1 heterocycles. The number of nitrogens with two attached hydrogens (primary N) is 1. The fourth-order valence-electron chi connectivity index (χ4n) is 3.18. The van der Waals surface area contributed by atoms with Crippen LogP contribution in [0.1, 0.15) is 46.1 Å². The van der Waals surface area contributed by atoms with Gasteiger partial charge in [-0.25, -0.2) is 0 Å². The predicted molar refractivity (Wildman–Crippen MR) is 112 cm³/mol. The summed E-state index contributed by atoms with van der Waals surface area (Å²) in [6, 6.07) is 6.13. The van der Waals surface area contributed by atoms with E-state index in [1.54, 1.807) is 0 Å². The van der Waals surface area contributed by atoms with Crippen LogP contribution in [0, 0.1) is 0 Å². The zero-order chi connectivity index (χ0) is 23.1. The van der Waals surface area contributed by atoms with E-state index in [-0.39, 0.29) is 16.1 Å². The van der Waals surface area contributed by atoms with Crippen LogP contribution < -0.4 is 5.73 Å². The van der Waals surface area contributed by atoms with Crippen molar-refractivity contribution in [2.24, 2.45) is 0 Å². The van der Waals surface area contributed by atoms with E-state index in [4.69, 9.17) is 5.73 Å². The molecule has 0 aliphatic carbocycles. The molecule has 1 aromatic heterocycles. The Morgan fingerprint density at radius 1 is 1.03 bits per heavy atom. The van der Waals surface area contributed by atoms with Crippen molar-refractivity contribution < 1.29 is 31.1 Å². The summed E-state index contributed by atoms with van der Waals surface area (Å²) in [7, 11) is 0. The third-order valence-electron chi connectivity index (χ3n) is 4.76. The second-order valence-electron chi connectivity index (χ2n) is 6.83. The number of nitrogen functional groups attached to an aromatic ring is 1. The number of ketones is 1. The monoisotopic (exact) mass is 477 g/mol. The number of hydrogen-bond donors (Lipinski definition) is 1. The normalized spacial score (nSPS) is 13.5. The number of fused-ring (bicyclic) bond motifs is 1. The summed E-state index contributed by atoms with van der Waals surface area (Å²) in [4.78, 5) is 14.1. The summed E-state index contributed by atoms with van der Waals surface area (Å²) in [6.07, 6.45) is -9.07. The van der Waals surface area contributed by atoms with Crippen molar-refractivity contribution in [3.05, 3.63) is 58.0 Å². The molecule has 0 radical (unpaired) electrons. The van der Waals surface area contributed by atoms with Crippen molar-refractivity contribution >= 4 is 44.7 Å². The molecule has 3 aromatic rings. The van der Waals surface area contributed by atoms with Crippen molar-refractivity contribution in [1.82, 2.24) is 0 Å². The van der Waals surface area contributed by atoms with Gasteiger partial charge in [0.1, 0.15) is 0 Å². The average molecular weight is 477 g/mol. The van der Waals surface area contributed by atoms with Gasteiger partial charge in [0.2, 0.25) is 0 Å². The molecular formula is C21H17F6NOS2. The highest BCUT2D eigenvalue weighted by molar-refractivity contribution is 7.99. The molecule has 0 spiro atoms. The Morgan fingerprint density at radius 2 is 1.61 bits per heavy atom. The first-order valence-corrected chi connectivity index (χ1v) is 10.9. The standard InChI is InChI=1S/C21H17F6NOS2/c1-3-30-18-14-7-5-12(21(25,26)27)9-16(14)31-19(18)17(29)10(2)13-6-4-11(8-15(13)28)20(22,23)24/h4-10H,3,28H2,1-2H3. The molecule has 0 aliphatic heterocycles. The Kier molecular flexibility index (Phi) is 6.35. The summed E-state index contributed by atoms with van der Waals surface area (Å²) < 4.78 is 78.2. The zero-order valence-corrected chi connectivity index (χ0v) is 18.0. The van der Waals surface area contributed by atoms with Crippen molar-refractivity contribution in [3.63, 3.8) is 0 Å². The lowest BCUT2D eigenvalue weighted by molar-refractivity contribution is -0.138. The third-order valence-corrected chi connectivity index (χ3v) is 7.06. The van der Waals surface area contributed by atoms with Crippen molar-refractivity contribution in [2.75, 3.05) is 11.5 Å². The van der Waals surface area contributed by atoms with Crippen LogP contribution in [0.5, 0.6) is 0 Å². The molecule has 1 unspecified atom stereocenters. The van der Waals surface area contributed by atoms with Gasteiger partial charge in [0.05, 0.1) is 16.0 Å². The predicted octanol–water partition coefficient (Wildman–Crippen LogP) is 7.62. The molecule has 2 aromatic carbocycles. The lowest BCUT2D eigenvalue weighted by atomic mass is 9.93. The number of thiophene rings is 1. The van der Waals surface area contributed by atoms with Crippen LogP contribution in [-0.4, -0.2) is 11.5 Å². The average Bonchev–Trinajstić information content (AvgIpc) is 3.03. The molecule has 0 aliphatic rings. The summed E-state index contributed by atoms with van der Waals surface area (Å²) in [5.41, 5.74) is 4.13. The minimum atomic E-state index is -4.56. The molecule has 0 amide bonds. The Labute approximate surface area is 182 Å². The van der Waals surface area contributed by atoms with Crippen LogP contribution in [0.2, 0.25) is 0 Å². The molecule has 0 saturated heterocycles. The number of rotatable bonds is 5. The first-order valence-electron chi connectivity index (χ1n) is 9.12. The fourth-order valence-corrected chi connectivity index (χ4v) is 5.57. The van der Waals surface area contributed by atoms with Crippen LogP contribution in [0.25, 0.3) is 10.1 Å². The molecule has 10 heteroatoms. The minimum absolute atomic E-state index is 0.166. The van der Waals surface area contributed by atoms with Crippen molar-refractivity contribution in [3.8, 4) is 0 Å². The molecule has 3 rings (SSSR count). The lowest BCUT2D eigenvalue weighted by Gasteiger charge is -2.16. The first-order chi connectivity index (χ1) is 14.3. The van der Waals surface area contributed by atoms with Gasteiger partial charge in [0, 0.05) is 26.6 Å². The van der Waals surface area contributed by atoms with E-state index in [0.29, 0.717) is 20.7 Å². The Bertz CT molecular complexity index is 1130. The highest BCUT2D eigenvalue weighted by Gasteiger charge is 2.33. The number of alkyl halides is 6. The van der Waals surface area contributed by atoms with Gasteiger partial charge in [-0.3, -0.25) is 4.79 Å². The van der Waals surface area contributed by atoms with Gasteiger partial charge in [-0.05, 0) is 35.6 Å². The summed E-state index contributed by atoms with van der Waals surface area (Å²) in [5, 5.41) is 0.542. The second kappa shape index (κ2) is 8.38. The number of anilines is 1. The molecule has 0 saturated carbocycles. The molecule has 1 atom stereocenters. The molecule has 2 nitrogen and oxygen atoms in total. The molecule has 166 valence electrons. The van der Waals surface area contributed by atoms with E-state index in [9.17, 15) is 31.1 Å². The lowest BCUT2D eigenvalue weighted by Crippen LogP contribution is -2.13. The third kappa shape index (κ3) is 4.69. The minimum Gasteiger partial charge on any atom is -0.398 e. The van der Waals surface area contributed by atoms with E-state index < -0.39 is 35.2 Å². The van der Waals surface area contributed by atoms with E-state index >= 15 is 0 Å². The van der Waals surface area contributed by atoms with E-state index in [0.717, 1.165) is 35.6 Å². The van der Waals surface area contributed by atoms with Crippen LogP contribution in [-0.2, 0) is 12.4 Å². The highest BCUT2D eigenvalue weighted by atomic mass is 32.2. The largest absolute Gasteiger partial charge is 0.416 e. The van der Waals surface area contributed by atoms with Crippen LogP contribution in [0.3, 0.4) is 0 Å². The van der Waals surface area contributed by atoms with Gasteiger partial charge < -0.3 is 5.73 Å². The number of carbonyl (C=O) groups excluding carboxylic acids is 1. The quantitative estimate of drug-likeness (QED) is 0.178. The van der Waals surface area contributed by atoms with E-state index in [1.165, 1.54) is 30.8 Å². The summed E-state index contributed by atoms with van der Waals surface area (Å²) >= 11 is 2.28. The number of thioether (sulfide) groups is 1. The molecule has 2 N–H and O–H groups in total. The van der Waals surface area contributed by atoms with Crippen molar-refractivity contribution in [2.45, 2.75) is 37.0 Å². The smallest absolute Gasteiger partial charge is 0.398 e. The van der Waals surface area contributed by atoms with Gasteiger partial charge in [-0.2, -0.15) is 26.3 Å². The second-order valence-corrected chi connectivity index (χ2v) is 9.16. The molecule has 0 fully saturated rings. The fraction of sp³-hybridized carbons (Fsp3) is 0.286. The number of halogens is 6. The number of Topliss-reactive ketones (excluding diaryl/α,β-unsaturated/α-hetero) is 1. The maximum absolute atomic E-state index is 13.2. The molecule has 31 heavy (non-hydrogen) atoms. The van der Waals surface area contributed by atoms with Gasteiger partial charge in [-0.15, -0.1) is 23.1 Å². The zero-order valence-electron chi connectivity index (χ0n) is 16.3. The van der Waals surface area contributed by atoms with Gasteiger partial charge in [0.15, 0.2) is 5.78 Å². The van der Waals surface area contributed by atoms with Gasteiger partial charge in [-0.1, -0.05) is 26.0 Å². The van der Waals surface area contributed by atoms with E-state index in [1.807, 2.05) is 6.92 Å². The molecular weight excluding hydrogens is 460 g/mol. The van der Waals surface area contributed by atoms with Crippen LogP contribution >= 0.6 is 23.1 Å². The number of benzene rings is 2. The summed E-state index contributed by atoms with van der Waals surface area (Å²) in [5.74, 6) is -0.685. The Morgan fingerprint density at radius 3 is 2.16 bits per heavy atom. The summed E-state index contributed by atoms with van der Waals surface area (Å²) in [6.45, 7) is 3.37. The highest BCUT2D eigenvalue weighted by Crippen LogP contribution is 2.43. The maximum atomic E-state index is 13.2. The maximum Gasteiger partial charge on any atom is 0.416 e.